The molecular weight excluding hydrogens is 466 g/mol. The average molecular weight is 488 g/mol. The van der Waals surface area contributed by atoms with Crippen LogP contribution in [0.2, 0.25) is 0 Å². The van der Waals surface area contributed by atoms with E-state index in [0.29, 0.717) is 24.1 Å². The van der Waals surface area contributed by atoms with Crippen molar-refractivity contribution in [1.82, 2.24) is 19.9 Å². The minimum absolute atomic E-state index is 0.0665. The van der Waals surface area contributed by atoms with Crippen LogP contribution in [0.3, 0.4) is 0 Å². The number of carbonyl (C=O) groups is 1. The summed E-state index contributed by atoms with van der Waals surface area (Å²) in [5.74, 6) is 1.64. The molecule has 0 saturated carbocycles. The van der Waals surface area contributed by atoms with E-state index in [1.54, 1.807) is 17.7 Å². The maximum Gasteiger partial charge on any atom is 0.257 e. The third kappa shape index (κ3) is 4.01. The van der Waals surface area contributed by atoms with Gasteiger partial charge in [-0.2, -0.15) is 0 Å². The van der Waals surface area contributed by atoms with Crippen LogP contribution < -0.4 is 4.90 Å². The molecule has 5 aromatic rings. The van der Waals surface area contributed by atoms with Crippen molar-refractivity contribution in [3.05, 3.63) is 77.4 Å². The summed E-state index contributed by atoms with van der Waals surface area (Å²) in [6, 6.07) is 17.6. The Labute approximate surface area is 204 Å². The molecule has 1 amide bonds. The fourth-order valence-corrected chi connectivity index (χ4v) is 5.80. The molecule has 4 heterocycles. The highest BCUT2D eigenvalue weighted by Crippen LogP contribution is 2.29. The number of thioether (sulfide) groups is 1. The van der Waals surface area contributed by atoms with E-state index in [1.165, 1.54) is 11.8 Å². The van der Waals surface area contributed by atoms with Crippen LogP contribution in [-0.2, 0) is 5.75 Å². The zero-order chi connectivity index (χ0) is 22.9. The zero-order valence-corrected chi connectivity index (χ0v) is 19.9. The molecule has 34 heavy (non-hydrogen) atoms. The molecule has 1 aliphatic rings. The Hall–Kier alpha value is -3.43. The van der Waals surface area contributed by atoms with E-state index in [1.807, 2.05) is 58.8 Å². The minimum Gasteiger partial charge on any atom is -0.431 e. The molecule has 1 aliphatic heterocycles. The van der Waals surface area contributed by atoms with Crippen molar-refractivity contribution in [2.45, 2.75) is 11.0 Å². The normalized spacial score (nSPS) is 14.2. The number of anilines is 1. The van der Waals surface area contributed by atoms with Crippen LogP contribution in [-0.4, -0.2) is 51.9 Å². The molecule has 1 saturated heterocycles. The lowest BCUT2D eigenvalue weighted by atomic mass is 10.1. The smallest absolute Gasteiger partial charge is 0.257 e. The fourth-order valence-electron chi connectivity index (χ4n) is 4.23. The summed E-state index contributed by atoms with van der Waals surface area (Å²) in [6.07, 6.45) is 1.62. The van der Waals surface area contributed by atoms with Crippen molar-refractivity contribution in [1.29, 1.82) is 0 Å². The molecule has 3 aromatic heterocycles. The molecule has 6 rings (SSSR count). The summed E-state index contributed by atoms with van der Waals surface area (Å²) in [5, 5.41) is 3.73. The second-order valence-corrected chi connectivity index (χ2v) is 9.83. The Balaban J connectivity index is 1.14. The van der Waals surface area contributed by atoms with Gasteiger partial charge < -0.3 is 14.2 Å². The lowest BCUT2D eigenvalue weighted by molar-refractivity contribution is 0.0746. The van der Waals surface area contributed by atoms with Crippen LogP contribution in [0.15, 0.2) is 75.9 Å². The molecule has 0 N–H and O–H groups in total. The summed E-state index contributed by atoms with van der Waals surface area (Å²) in [7, 11) is 0. The van der Waals surface area contributed by atoms with Crippen LogP contribution in [0, 0.1) is 0 Å². The number of benzene rings is 2. The number of rotatable bonds is 5. The minimum atomic E-state index is 0.0665. The molecule has 2 aromatic carbocycles. The largest absolute Gasteiger partial charge is 0.431 e. The quantitative estimate of drug-likeness (QED) is 0.320. The molecule has 0 radical (unpaired) electrons. The molecule has 9 heteroatoms. The molecule has 0 unspecified atom stereocenters. The molecule has 0 spiro atoms. The summed E-state index contributed by atoms with van der Waals surface area (Å²) < 4.78 is 5.83. The Morgan fingerprint density at radius 3 is 2.71 bits per heavy atom. The van der Waals surface area contributed by atoms with Crippen LogP contribution in [0.1, 0.15) is 15.9 Å². The Bertz CT molecular complexity index is 1440. The molecule has 0 bridgehead atoms. The van der Waals surface area contributed by atoms with Crippen LogP contribution in [0.5, 0.6) is 0 Å². The first-order valence-corrected chi connectivity index (χ1v) is 12.9. The molecule has 0 atom stereocenters. The monoisotopic (exact) mass is 487 g/mol. The summed E-state index contributed by atoms with van der Waals surface area (Å²) in [6.45, 7) is 2.79. The SMILES string of the molecule is O=C(c1ccccc1CSc1nc2ccccc2o1)N1CCN(c2ncnc3sccc23)CC1. The van der Waals surface area contributed by atoms with E-state index in [9.17, 15) is 4.79 Å². The van der Waals surface area contributed by atoms with E-state index < -0.39 is 0 Å². The van der Waals surface area contributed by atoms with Gasteiger partial charge in [-0.3, -0.25) is 4.79 Å². The summed E-state index contributed by atoms with van der Waals surface area (Å²) in [5.41, 5.74) is 3.34. The Kier molecular flexibility index (Phi) is 5.64. The number of hydrogen-bond donors (Lipinski definition) is 0. The van der Waals surface area contributed by atoms with Crippen LogP contribution in [0.25, 0.3) is 21.3 Å². The number of fused-ring (bicyclic) bond motifs is 2. The lowest BCUT2D eigenvalue weighted by Gasteiger charge is -2.35. The Morgan fingerprint density at radius 1 is 1.00 bits per heavy atom. The molecule has 0 aliphatic carbocycles. The van der Waals surface area contributed by atoms with Gasteiger partial charge >= 0.3 is 0 Å². The average Bonchev–Trinajstić information content (AvgIpc) is 3.54. The van der Waals surface area contributed by atoms with Gasteiger partial charge in [-0.15, -0.1) is 11.3 Å². The molecule has 1 fully saturated rings. The van der Waals surface area contributed by atoms with E-state index >= 15 is 0 Å². The third-order valence-electron chi connectivity index (χ3n) is 5.98. The van der Waals surface area contributed by atoms with Crippen molar-refractivity contribution in [2.75, 3.05) is 31.1 Å². The number of piperazine rings is 1. The van der Waals surface area contributed by atoms with Gasteiger partial charge in [0, 0.05) is 37.5 Å². The predicted octanol–water partition coefficient (Wildman–Crippen LogP) is 5.09. The van der Waals surface area contributed by atoms with Gasteiger partial charge in [-0.1, -0.05) is 42.1 Å². The first-order valence-electron chi connectivity index (χ1n) is 11.0. The van der Waals surface area contributed by atoms with E-state index in [2.05, 4.69) is 25.9 Å². The zero-order valence-electron chi connectivity index (χ0n) is 18.3. The molecule has 7 nitrogen and oxygen atoms in total. The predicted molar refractivity (Wildman–Crippen MR) is 136 cm³/mol. The van der Waals surface area contributed by atoms with Crippen molar-refractivity contribution >= 4 is 56.1 Å². The van der Waals surface area contributed by atoms with Crippen molar-refractivity contribution in [2.24, 2.45) is 0 Å². The second-order valence-electron chi connectivity index (χ2n) is 8.01. The van der Waals surface area contributed by atoms with Crippen LogP contribution >= 0.6 is 23.1 Å². The van der Waals surface area contributed by atoms with E-state index in [4.69, 9.17) is 4.42 Å². The maximum absolute atomic E-state index is 13.4. The number of amides is 1. The van der Waals surface area contributed by atoms with Crippen molar-refractivity contribution < 1.29 is 9.21 Å². The number of thiophene rings is 1. The Morgan fingerprint density at radius 2 is 1.82 bits per heavy atom. The molecule has 170 valence electrons. The van der Waals surface area contributed by atoms with Crippen molar-refractivity contribution in [3.8, 4) is 0 Å². The number of hydrogen-bond acceptors (Lipinski definition) is 8. The van der Waals surface area contributed by atoms with E-state index in [-0.39, 0.29) is 5.91 Å². The lowest BCUT2D eigenvalue weighted by Crippen LogP contribution is -2.49. The summed E-state index contributed by atoms with van der Waals surface area (Å²) >= 11 is 3.13. The van der Waals surface area contributed by atoms with Crippen LogP contribution in [0.4, 0.5) is 5.82 Å². The van der Waals surface area contributed by atoms with Gasteiger partial charge in [0.2, 0.25) is 0 Å². The number of para-hydroxylation sites is 2. The fraction of sp³-hybridized carbons (Fsp3) is 0.200. The number of nitrogens with zero attached hydrogens (tertiary/aromatic N) is 5. The first kappa shape index (κ1) is 21.1. The number of oxazole rings is 1. The number of aromatic nitrogens is 3. The van der Waals surface area contributed by atoms with Gasteiger partial charge in [0.1, 0.15) is 22.5 Å². The van der Waals surface area contributed by atoms with Gasteiger partial charge in [-0.25, -0.2) is 15.0 Å². The number of carbonyl (C=O) groups excluding carboxylic acids is 1. The summed E-state index contributed by atoms with van der Waals surface area (Å²) in [4.78, 5) is 32.0. The standard InChI is InChI=1S/C25H21N5O2S2/c31-24(30-12-10-29(11-13-30)22-19-9-14-33-23(19)27-16-26-22)18-6-2-1-5-17(18)15-34-25-28-20-7-3-4-8-21(20)32-25/h1-9,14,16H,10-13,15H2. The highest BCUT2D eigenvalue weighted by atomic mass is 32.2. The highest BCUT2D eigenvalue weighted by molar-refractivity contribution is 7.98. The topological polar surface area (TPSA) is 75.4 Å². The first-order chi connectivity index (χ1) is 16.8. The van der Waals surface area contributed by atoms with Crippen molar-refractivity contribution in [3.63, 3.8) is 0 Å². The maximum atomic E-state index is 13.4. The van der Waals surface area contributed by atoms with Gasteiger partial charge in [-0.05, 0) is 35.2 Å². The van der Waals surface area contributed by atoms with Gasteiger partial charge in [0.05, 0.1) is 5.39 Å². The van der Waals surface area contributed by atoms with Gasteiger partial charge in [0.25, 0.3) is 11.1 Å². The molecular formula is C25H21N5O2S2. The third-order valence-corrected chi connectivity index (χ3v) is 7.68. The van der Waals surface area contributed by atoms with Gasteiger partial charge in [0.15, 0.2) is 5.58 Å². The second kappa shape index (κ2) is 9.08. The van der Waals surface area contributed by atoms with E-state index in [0.717, 1.165) is 51.4 Å². The highest BCUT2D eigenvalue weighted by Gasteiger charge is 2.25.